The molecule has 0 spiro atoms. The Hall–Kier alpha value is -3.76. The van der Waals surface area contributed by atoms with Gasteiger partial charge in [-0.3, -0.25) is 10.2 Å². The molecule has 0 unspecified atom stereocenters. The fourth-order valence-electron chi connectivity index (χ4n) is 2.21. The van der Waals surface area contributed by atoms with E-state index >= 15 is 0 Å². The number of para-hydroxylation sites is 1. The van der Waals surface area contributed by atoms with E-state index in [4.69, 9.17) is 0 Å². The maximum atomic E-state index is 12.1. The van der Waals surface area contributed by atoms with Gasteiger partial charge in [-0.05, 0) is 24.3 Å². The summed E-state index contributed by atoms with van der Waals surface area (Å²) < 4.78 is 33.6. The van der Waals surface area contributed by atoms with Gasteiger partial charge in [0.05, 0.1) is 10.5 Å². The molecule has 0 aliphatic heterocycles. The molecular weight excluding hydrogens is 408 g/mol. The first-order valence-corrected chi connectivity index (χ1v) is 10.1. The van der Waals surface area contributed by atoms with Crippen molar-refractivity contribution < 1.29 is 27.5 Å². The number of hydrazine groups is 1. The van der Waals surface area contributed by atoms with Gasteiger partial charge in [-0.15, -0.1) is 0 Å². The molecule has 0 radical (unpaired) electrons. The molecule has 0 aliphatic carbocycles. The van der Waals surface area contributed by atoms with Gasteiger partial charge in [0, 0.05) is 24.9 Å². The van der Waals surface area contributed by atoms with Crippen LogP contribution < -0.4 is 15.7 Å². The average Bonchev–Trinajstić information content (AvgIpc) is 2.75. The van der Waals surface area contributed by atoms with Crippen molar-refractivity contribution in [2.24, 2.45) is 0 Å². The van der Waals surface area contributed by atoms with Gasteiger partial charge in [0.2, 0.25) is 0 Å². The molecule has 2 aromatic carbocycles. The summed E-state index contributed by atoms with van der Waals surface area (Å²) in [5, 5.41) is 3.39. The van der Waals surface area contributed by atoms with E-state index in [9.17, 15) is 22.6 Å². The van der Waals surface area contributed by atoms with Crippen LogP contribution >= 0.6 is 0 Å². The molecule has 0 aliphatic rings. The lowest BCUT2D eigenvalue weighted by Gasteiger charge is -2.20. The van der Waals surface area contributed by atoms with Crippen LogP contribution in [-0.4, -0.2) is 37.0 Å². The molecule has 3 rings (SSSR count). The van der Waals surface area contributed by atoms with Gasteiger partial charge >= 0.3 is 6.03 Å². The summed E-state index contributed by atoms with van der Waals surface area (Å²) in [4.78, 5) is 26.4. The molecule has 0 atom stereocenters. The van der Waals surface area contributed by atoms with Crippen molar-refractivity contribution in [3.05, 3.63) is 90.8 Å². The van der Waals surface area contributed by atoms with Crippen molar-refractivity contribution in [1.82, 2.24) is 10.4 Å². The molecule has 1 aromatic heterocycles. The van der Waals surface area contributed by atoms with Gasteiger partial charge in [-0.1, -0.05) is 36.4 Å². The minimum atomic E-state index is -4.81. The van der Waals surface area contributed by atoms with Gasteiger partial charge in [0.1, 0.15) is 10.1 Å². The maximum absolute atomic E-state index is 12.1. The number of rotatable bonds is 3. The second-order valence-electron chi connectivity index (χ2n) is 5.82. The summed E-state index contributed by atoms with van der Waals surface area (Å²) in [5.41, 5.74) is 2.39. The molecule has 3 amide bonds. The van der Waals surface area contributed by atoms with Crippen LogP contribution in [-0.2, 0) is 10.1 Å². The average molecular weight is 428 g/mol. The van der Waals surface area contributed by atoms with Crippen LogP contribution in [0, 0.1) is 0 Å². The number of aromatic amines is 1. The first kappa shape index (κ1) is 22.5. The molecule has 0 fully saturated rings. The highest BCUT2D eigenvalue weighted by atomic mass is 32.2. The maximum Gasteiger partial charge on any atom is 0.340 e. The van der Waals surface area contributed by atoms with E-state index in [0.717, 1.165) is 11.1 Å². The Morgan fingerprint density at radius 2 is 1.47 bits per heavy atom. The van der Waals surface area contributed by atoms with Crippen LogP contribution in [0.2, 0.25) is 0 Å². The number of aromatic nitrogens is 1. The Morgan fingerprint density at radius 3 is 2.00 bits per heavy atom. The Morgan fingerprint density at radius 1 is 0.900 bits per heavy atom. The summed E-state index contributed by atoms with van der Waals surface area (Å²) in [6.07, 6.45) is 3.75. The van der Waals surface area contributed by atoms with E-state index in [0.29, 0.717) is 5.69 Å². The highest BCUT2D eigenvalue weighted by Gasteiger charge is 2.18. The summed E-state index contributed by atoms with van der Waals surface area (Å²) >= 11 is 0. The van der Waals surface area contributed by atoms with Crippen LogP contribution in [0.5, 0.6) is 0 Å². The number of hydrogen-bond acceptors (Lipinski definition) is 5. The third-order valence-corrected chi connectivity index (χ3v) is 4.50. The molecule has 10 heteroatoms. The molecule has 0 saturated heterocycles. The fourth-order valence-corrected chi connectivity index (χ4v) is 2.88. The quantitative estimate of drug-likeness (QED) is 0.486. The molecule has 156 valence electrons. The highest BCUT2D eigenvalue weighted by Crippen LogP contribution is 2.15. The van der Waals surface area contributed by atoms with Crippen molar-refractivity contribution in [3.63, 3.8) is 0 Å². The number of pyridine rings is 1. The van der Waals surface area contributed by atoms with E-state index < -0.39 is 27.0 Å². The summed E-state index contributed by atoms with van der Waals surface area (Å²) in [6.45, 7) is 0. The Balaban J connectivity index is 0.000000456. The van der Waals surface area contributed by atoms with Crippen LogP contribution in [0.1, 0.15) is 10.4 Å². The van der Waals surface area contributed by atoms with Crippen LogP contribution in [0.25, 0.3) is 0 Å². The zero-order chi connectivity index (χ0) is 22.0. The number of benzene rings is 2. The first-order chi connectivity index (χ1) is 14.3. The second kappa shape index (κ2) is 10.7. The Kier molecular flexibility index (Phi) is 8.03. The highest BCUT2D eigenvalue weighted by molar-refractivity contribution is 7.85. The predicted molar refractivity (Wildman–Crippen MR) is 108 cm³/mol. The van der Waals surface area contributed by atoms with Crippen molar-refractivity contribution in [3.8, 4) is 0 Å². The molecule has 0 bridgehead atoms. The number of hydrogen-bond donors (Lipinski definition) is 2. The van der Waals surface area contributed by atoms with Crippen LogP contribution in [0.15, 0.2) is 90.1 Å². The fraction of sp³-hybridized carbons (Fsp3) is 0.0500. The zero-order valence-electron chi connectivity index (χ0n) is 16.0. The molecule has 1 heterocycles. The number of amides is 3. The monoisotopic (exact) mass is 428 g/mol. The predicted octanol–water partition coefficient (Wildman–Crippen LogP) is 1.90. The van der Waals surface area contributed by atoms with Crippen molar-refractivity contribution >= 4 is 27.7 Å². The third-order valence-electron chi connectivity index (χ3n) is 3.61. The van der Waals surface area contributed by atoms with E-state index in [1.54, 1.807) is 30.3 Å². The lowest BCUT2D eigenvalue weighted by Crippen LogP contribution is -2.45. The van der Waals surface area contributed by atoms with Crippen molar-refractivity contribution in [1.29, 1.82) is 0 Å². The van der Waals surface area contributed by atoms with Gasteiger partial charge in [0.15, 0.2) is 12.4 Å². The summed E-state index contributed by atoms with van der Waals surface area (Å²) in [7, 11) is -3.53. The lowest BCUT2D eigenvalue weighted by atomic mass is 10.2. The standard InChI is InChI=1S/C15H15N3O5S.C5H5N/c1-18(15(20)16-11-7-3-2-4-8-11)17-14(19)12-9-5-6-10-13(12)24(21,22)23;1-2-4-6-5-3-1/h2-10H,1H3,(H,16,20)(H,17,19)(H,21,22,23);1-5H. The van der Waals surface area contributed by atoms with E-state index in [1.807, 2.05) is 30.6 Å². The molecular formula is C20H20N4O5S. The van der Waals surface area contributed by atoms with Crippen molar-refractivity contribution in [2.45, 2.75) is 4.90 Å². The number of nitrogens with one attached hydrogen (secondary N) is 3. The Bertz CT molecular complexity index is 1050. The SMILES string of the molecule is CN(NC(=O)c1ccccc1S(=O)(=O)[O-])C(=O)Nc1ccccc1.c1cc[nH+]cc1. The number of anilines is 1. The Labute approximate surface area is 174 Å². The van der Waals surface area contributed by atoms with Crippen LogP contribution in [0.4, 0.5) is 10.5 Å². The minimum absolute atomic E-state index is 0.341. The minimum Gasteiger partial charge on any atom is -0.744 e. The molecule has 9 nitrogen and oxygen atoms in total. The van der Waals surface area contributed by atoms with Gasteiger partial charge in [-0.25, -0.2) is 23.2 Å². The van der Waals surface area contributed by atoms with Gasteiger partial charge in [0.25, 0.3) is 5.91 Å². The number of H-pyrrole nitrogens is 1. The van der Waals surface area contributed by atoms with Crippen LogP contribution in [0.3, 0.4) is 0 Å². The number of carbonyl (C=O) groups excluding carboxylic acids is 2. The molecule has 3 aromatic rings. The number of urea groups is 1. The molecule has 3 N–H and O–H groups in total. The van der Waals surface area contributed by atoms with E-state index in [-0.39, 0.29) is 5.56 Å². The van der Waals surface area contributed by atoms with Crippen molar-refractivity contribution in [2.75, 3.05) is 12.4 Å². The topological polar surface area (TPSA) is 133 Å². The molecule has 30 heavy (non-hydrogen) atoms. The number of carbonyl (C=O) groups is 2. The molecule has 0 saturated carbocycles. The largest absolute Gasteiger partial charge is 0.744 e. The van der Waals surface area contributed by atoms with Gasteiger partial charge < -0.3 is 9.87 Å². The third kappa shape index (κ3) is 7.00. The van der Waals surface area contributed by atoms with Gasteiger partial charge in [-0.2, -0.15) is 0 Å². The second-order valence-corrected chi connectivity index (χ2v) is 7.17. The summed E-state index contributed by atoms with van der Waals surface area (Å²) in [5.74, 6) is -0.893. The van der Waals surface area contributed by atoms with E-state index in [1.165, 1.54) is 25.2 Å². The number of nitrogens with zero attached hydrogens (tertiary/aromatic N) is 1. The zero-order valence-corrected chi connectivity index (χ0v) is 16.8. The normalized spacial score (nSPS) is 10.2. The lowest BCUT2D eigenvalue weighted by molar-refractivity contribution is -0.377. The first-order valence-electron chi connectivity index (χ1n) is 8.66. The summed E-state index contributed by atoms with van der Waals surface area (Å²) in [6, 6.07) is 18.7. The van der Waals surface area contributed by atoms with E-state index in [2.05, 4.69) is 15.7 Å². The smallest absolute Gasteiger partial charge is 0.340 e.